The fraction of sp³-hybridized carbons (Fsp3) is 0.862. The van der Waals surface area contributed by atoms with Gasteiger partial charge in [0.15, 0.2) is 0 Å². The van der Waals surface area contributed by atoms with Crippen molar-refractivity contribution in [3.63, 3.8) is 0 Å². The predicted molar refractivity (Wildman–Crippen MR) is 128 cm³/mol. The summed E-state index contributed by atoms with van der Waals surface area (Å²) in [6.07, 6.45) is 15.3. The molecule has 4 aliphatic carbocycles. The smallest absolute Gasteiger partial charge is 0.0569 e. The van der Waals surface area contributed by atoms with Crippen LogP contribution in [0.3, 0.4) is 0 Å². The SMILES string of the molecule is CC(C)=CCC[C@@H](C)[C@H]1CC[C@@]2(C)C3=C(CC[C@]12C)[C@@]1(C)CC[C@H](O)[C@@H](C)[C@@H]1CC3. The molecule has 0 aromatic rings. The van der Waals surface area contributed by atoms with Crippen LogP contribution in [0, 0.1) is 39.9 Å². The Labute approximate surface area is 186 Å². The van der Waals surface area contributed by atoms with Crippen molar-refractivity contribution in [3.05, 3.63) is 22.8 Å². The molecule has 4 aliphatic rings. The van der Waals surface area contributed by atoms with Crippen LogP contribution in [0.15, 0.2) is 22.8 Å². The summed E-state index contributed by atoms with van der Waals surface area (Å²) in [7, 11) is 0. The van der Waals surface area contributed by atoms with Crippen LogP contribution in [0.1, 0.15) is 113 Å². The van der Waals surface area contributed by atoms with Gasteiger partial charge < -0.3 is 5.11 Å². The summed E-state index contributed by atoms with van der Waals surface area (Å²) in [6.45, 7) is 17.3. The zero-order valence-electron chi connectivity index (χ0n) is 21.0. The molecule has 1 heteroatoms. The molecule has 0 heterocycles. The highest BCUT2D eigenvalue weighted by molar-refractivity contribution is 5.38. The number of hydrogen-bond donors (Lipinski definition) is 1. The van der Waals surface area contributed by atoms with E-state index in [0.717, 1.165) is 18.3 Å². The minimum Gasteiger partial charge on any atom is -0.393 e. The molecule has 1 N–H and O–H groups in total. The third-order valence-corrected chi connectivity index (χ3v) is 11.2. The Bertz CT molecular complexity index is 727. The molecule has 0 unspecified atom stereocenters. The van der Waals surface area contributed by atoms with Crippen LogP contribution in [0.25, 0.3) is 0 Å². The van der Waals surface area contributed by atoms with E-state index in [9.17, 15) is 5.11 Å². The van der Waals surface area contributed by atoms with Crippen molar-refractivity contribution < 1.29 is 5.11 Å². The molecular weight excluding hydrogens is 364 g/mol. The summed E-state index contributed by atoms with van der Waals surface area (Å²) in [6, 6.07) is 0. The normalized spacial score (nSPS) is 46.7. The number of allylic oxidation sites excluding steroid dienone is 4. The van der Waals surface area contributed by atoms with Gasteiger partial charge in [0, 0.05) is 0 Å². The van der Waals surface area contributed by atoms with Crippen LogP contribution >= 0.6 is 0 Å². The van der Waals surface area contributed by atoms with Gasteiger partial charge in [-0.1, -0.05) is 57.4 Å². The first-order valence-electron chi connectivity index (χ1n) is 13.1. The van der Waals surface area contributed by atoms with E-state index < -0.39 is 0 Å². The van der Waals surface area contributed by atoms with Gasteiger partial charge in [-0.25, -0.2) is 0 Å². The fourth-order valence-electron chi connectivity index (χ4n) is 9.09. The number of aliphatic hydroxyl groups is 1. The molecule has 30 heavy (non-hydrogen) atoms. The summed E-state index contributed by atoms with van der Waals surface area (Å²) < 4.78 is 0. The molecule has 0 aromatic carbocycles. The first-order valence-corrected chi connectivity index (χ1v) is 13.1. The van der Waals surface area contributed by atoms with Crippen LogP contribution in [0.2, 0.25) is 0 Å². The molecule has 0 saturated heterocycles. The van der Waals surface area contributed by atoms with Crippen LogP contribution < -0.4 is 0 Å². The van der Waals surface area contributed by atoms with Crippen molar-refractivity contribution in [1.29, 1.82) is 0 Å². The number of hydrogen-bond acceptors (Lipinski definition) is 1. The Morgan fingerprint density at radius 2 is 1.77 bits per heavy atom. The molecular formula is C29H48O. The van der Waals surface area contributed by atoms with Crippen molar-refractivity contribution in [3.8, 4) is 0 Å². The van der Waals surface area contributed by atoms with Gasteiger partial charge in [-0.05, 0) is 118 Å². The third kappa shape index (κ3) is 3.20. The first-order chi connectivity index (χ1) is 14.0. The van der Waals surface area contributed by atoms with E-state index >= 15 is 0 Å². The van der Waals surface area contributed by atoms with E-state index in [1.807, 2.05) is 11.1 Å². The van der Waals surface area contributed by atoms with E-state index in [1.54, 1.807) is 0 Å². The molecule has 2 fully saturated rings. The highest BCUT2D eigenvalue weighted by Gasteiger charge is 2.62. The van der Waals surface area contributed by atoms with Gasteiger partial charge in [0.25, 0.3) is 0 Å². The lowest BCUT2D eigenvalue weighted by Crippen LogP contribution is -2.51. The van der Waals surface area contributed by atoms with Crippen molar-refractivity contribution in [2.75, 3.05) is 0 Å². The Morgan fingerprint density at radius 1 is 1.03 bits per heavy atom. The van der Waals surface area contributed by atoms with Gasteiger partial charge in [-0.3, -0.25) is 0 Å². The second kappa shape index (κ2) is 7.79. The fourth-order valence-corrected chi connectivity index (χ4v) is 9.09. The van der Waals surface area contributed by atoms with Gasteiger partial charge in [-0.2, -0.15) is 0 Å². The maximum atomic E-state index is 10.5. The van der Waals surface area contributed by atoms with Crippen LogP contribution in [0.5, 0.6) is 0 Å². The second-order valence-electron chi connectivity index (χ2n) is 12.7. The topological polar surface area (TPSA) is 20.2 Å². The van der Waals surface area contributed by atoms with Crippen LogP contribution in [-0.2, 0) is 0 Å². The third-order valence-electron chi connectivity index (χ3n) is 11.2. The Morgan fingerprint density at radius 3 is 2.47 bits per heavy atom. The lowest BCUT2D eigenvalue weighted by atomic mass is 9.45. The van der Waals surface area contributed by atoms with Crippen molar-refractivity contribution in [2.24, 2.45) is 39.9 Å². The quantitative estimate of drug-likeness (QED) is 0.462. The van der Waals surface area contributed by atoms with E-state index in [4.69, 9.17) is 0 Å². The molecule has 0 amide bonds. The molecule has 0 radical (unpaired) electrons. The maximum absolute atomic E-state index is 10.5. The molecule has 2 saturated carbocycles. The second-order valence-corrected chi connectivity index (χ2v) is 12.7. The van der Waals surface area contributed by atoms with Crippen molar-refractivity contribution in [1.82, 2.24) is 0 Å². The zero-order valence-corrected chi connectivity index (χ0v) is 21.0. The first kappa shape index (κ1) is 22.6. The lowest BCUT2D eigenvalue weighted by molar-refractivity contribution is -0.0412. The summed E-state index contributed by atoms with van der Waals surface area (Å²) in [5.41, 5.74) is 6.44. The summed E-state index contributed by atoms with van der Waals surface area (Å²) in [5.74, 6) is 2.85. The minimum atomic E-state index is -0.0767. The number of rotatable bonds is 4. The van der Waals surface area contributed by atoms with Crippen LogP contribution in [-0.4, -0.2) is 11.2 Å². The van der Waals surface area contributed by atoms with E-state index in [2.05, 4.69) is 54.5 Å². The highest BCUT2D eigenvalue weighted by atomic mass is 16.3. The molecule has 0 spiro atoms. The molecule has 0 bridgehead atoms. The molecule has 0 aromatic heterocycles. The Kier molecular flexibility index (Phi) is 5.87. The van der Waals surface area contributed by atoms with E-state index in [-0.39, 0.29) is 6.10 Å². The average molecular weight is 413 g/mol. The lowest BCUT2D eigenvalue weighted by Gasteiger charge is -2.60. The van der Waals surface area contributed by atoms with Gasteiger partial charge >= 0.3 is 0 Å². The zero-order chi connectivity index (χ0) is 21.9. The van der Waals surface area contributed by atoms with E-state index in [1.165, 1.54) is 63.4 Å². The molecule has 170 valence electrons. The standard InChI is InChI=1S/C29H48O/c1-19(2)9-8-10-20(3)22-13-17-29(7)25-12-11-23-21(4)26(30)15-16-27(23,5)24(25)14-18-28(22,29)6/h9,20-23,26,30H,8,10-18H2,1-7H3/t20-,21+,22-,23+,26+,27+,28-,29+/m1/s1. The largest absolute Gasteiger partial charge is 0.393 e. The monoisotopic (exact) mass is 412 g/mol. The van der Waals surface area contributed by atoms with Gasteiger partial charge in [-0.15, -0.1) is 0 Å². The summed E-state index contributed by atoms with van der Waals surface area (Å²) in [5, 5.41) is 10.5. The maximum Gasteiger partial charge on any atom is 0.0569 e. The molecule has 8 atom stereocenters. The Balaban J connectivity index is 1.63. The van der Waals surface area contributed by atoms with E-state index in [0.29, 0.717) is 28.1 Å². The van der Waals surface area contributed by atoms with Crippen LogP contribution in [0.4, 0.5) is 0 Å². The van der Waals surface area contributed by atoms with Gasteiger partial charge in [0.05, 0.1) is 6.10 Å². The molecule has 4 rings (SSSR count). The minimum absolute atomic E-state index is 0.0767. The number of aliphatic hydroxyl groups excluding tert-OH is 1. The molecule has 0 aliphatic heterocycles. The summed E-state index contributed by atoms with van der Waals surface area (Å²) >= 11 is 0. The van der Waals surface area contributed by atoms with Crippen molar-refractivity contribution in [2.45, 2.75) is 119 Å². The van der Waals surface area contributed by atoms with Gasteiger partial charge in [0.1, 0.15) is 0 Å². The number of fused-ring (bicyclic) bond motifs is 4. The van der Waals surface area contributed by atoms with Crippen molar-refractivity contribution >= 4 is 0 Å². The molecule has 1 nitrogen and oxygen atoms in total. The summed E-state index contributed by atoms with van der Waals surface area (Å²) in [4.78, 5) is 0. The highest BCUT2D eigenvalue weighted by Crippen LogP contribution is 2.71. The van der Waals surface area contributed by atoms with Gasteiger partial charge in [0.2, 0.25) is 0 Å². The predicted octanol–water partition coefficient (Wildman–Crippen LogP) is 8.09. The Hall–Kier alpha value is -0.560. The average Bonchev–Trinajstić information content (AvgIpc) is 2.96.